The minimum absolute atomic E-state index is 0.0526. The van der Waals surface area contributed by atoms with Crippen molar-refractivity contribution in [1.82, 2.24) is 0 Å². The molecule has 0 saturated carbocycles. The molecular formula is C18H18N2O2S. The lowest BCUT2D eigenvalue weighted by molar-refractivity contribution is -0.117. The summed E-state index contributed by atoms with van der Waals surface area (Å²) in [6.45, 7) is 2.40. The highest BCUT2D eigenvalue weighted by molar-refractivity contribution is 8.00. The van der Waals surface area contributed by atoms with Crippen molar-refractivity contribution >= 4 is 35.0 Å². The van der Waals surface area contributed by atoms with Gasteiger partial charge in [-0.15, -0.1) is 11.8 Å². The predicted octanol–water partition coefficient (Wildman–Crippen LogP) is 3.46. The summed E-state index contributed by atoms with van der Waals surface area (Å²) in [5, 5.41) is 2.87. The molecule has 1 heterocycles. The Balaban J connectivity index is 1.62. The monoisotopic (exact) mass is 326 g/mol. The van der Waals surface area contributed by atoms with E-state index in [0.717, 1.165) is 21.8 Å². The van der Waals surface area contributed by atoms with Crippen LogP contribution in [-0.2, 0) is 9.59 Å². The molecule has 0 bridgehead atoms. The molecule has 1 N–H and O–H groups in total. The van der Waals surface area contributed by atoms with Crippen molar-refractivity contribution in [3.8, 4) is 0 Å². The maximum atomic E-state index is 12.1. The second-order valence-corrected chi connectivity index (χ2v) is 6.48. The number of nitrogens with one attached hydrogen (secondary N) is 1. The van der Waals surface area contributed by atoms with E-state index in [0.29, 0.717) is 12.3 Å². The molecule has 1 aliphatic rings. The summed E-state index contributed by atoms with van der Waals surface area (Å²) in [6, 6.07) is 15.5. The van der Waals surface area contributed by atoms with Gasteiger partial charge >= 0.3 is 0 Å². The van der Waals surface area contributed by atoms with E-state index in [1.54, 1.807) is 16.7 Å². The smallest absolute Gasteiger partial charge is 0.237 e. The lowest BCUT2D eigenvalue weighted by atomic mass is 10.2. The van der Waals surface area contributed by atoms with Crippen LogP contribution in [0, 0.1) is 6.92 Å². The molecule has 23 heavy (non-hydrogen) atoms. The molecule has 0 aliphatic carbocycles. The molecular weight excluding hydrogens is 308 g/mol. The van der Waals surface area contributed by atoms with Crippen LogP contribution < -0.4 is 10.2 Å². The molecule has 2 aromatic carbocycles. The summed E-state index contributed by atoms with van der Waals surface area (Å²) in [5.41, 5.74) is 2.83. The molecule has 0 saturated heterocycles. The number of anilines is 2. The first-order valence-electron chi connectivity index (χ1n) is 7.52. The Morgan fingerprint density at radius 3 is 2.70 bits per heavy atom. The molecule has 0 spiro atoms. The first kappa shape index (κ1) is 15.6. The maximum Gasteiger partial charge on any atom is 0.237 e. The number of amides is 2. The molecule has 0 atom stereocenters. The zero-order chi connectivity index (χ0) is 16.2. The topological polar surface area (TPSA) is 49.4 Å². The molecule has 2 aromatic rings. The van der Waals surface area contributed by atoms with Gasteiger partial charge in [0.2, 0.25) is 11.8 Å². The zero-order valence-corrected chi connectivity index (χ0v) is 13.7. The van der Waals surface area contributed by atoms with Gasteiger partial charge in [0.25, 0.3) is 0 Å². The highest BCUT2D eigenvalue weighted by Crippen LogP contribution is 2.34. The second-order valence-electron chi connectivity index (χ2n) is 5.47. The van der Waals surface area contributed by atoms with Gasteiger partial charge < -0.3 is 10.2 Å². The number of thioether (sulfide) groups is 1. The predicted molar refractivity (Wildman–Crippen MR) is 93.9 cm³/mol. The Morgan fingerprint density at radius 2 is 1.91 bits per heavy atom. The Hall–Kier alpha value is -2.27. The number of carbonyl (C=O) groups excluding carboxylic acids is 2. The molecule has 4 nitrogen and oxygen atoms in total. The largest absolute Gasteiger partial charge is 0.326 e. The normalized spacial score (nSPS) is 13.6. The number of nitrogens with zero attached hydrogens (tertiary/aromatic N) is 1. The van der Waals surface area contributed by atoms with Crippen LogP contribution in [0.5, 0.6) is 0 Å². The van der Waals surface area contributed by atoms with Crippen LogP contribution in [0.25, 0.3) is 0 Å². The number of hydrogen-bond acceptors (Lipinski definition) is 3. The van der Waals surface area contributed by atoms with Crippen molar-refractivity contribution in [2.45, 2.75) is 18.2 Å². The number of para-hydroxylation sites is 1. The van der Waals surface area contributed by atoms with Crippen molar-refractivity contribution in [3.05, 3.63) is 54.1 Å². The minimum Gasteiger partial charge on any atom is -0.326 e. The SMILES string of the molecule is Cc1ccc(NC(=O)CCN2C(=O)CSc3ccccc32)cc1. The fraction of sp³-hybridized carbons (Fsp3) is 0.222. The number of aryl methyl sites for hydroxylation is 1. The van der Waals surface area contributed by atoms with Crippen molar-refractivity contribution in [2.24, 2.45) is 0 Å². The highest BCUT2D eigenvalue weighted by Gasteiger charge is 2.24. The quantitative estimate of drug-likeness (QED) is 0.936. The van der Waals surface area contributed by atoms with Crippen LogP contribution in [0.15, 0.2) is 53.4 Å². The fourth-order valence-corrected chi connectivity index (χ4v) is 3.41. The summed E-state index contributed by atoms with van der Waals surface area (Å²) >= 11 is 1.55. The van der Waals surface area contributed by atoms with Gasteiger partial charge in [0.05, 0.1) is 11.4 Å². The zero-order valence-electron chi connectivity index (χ0n) is 12.9. The van der Waals surface area contributed by atoms with Gasteiger partial charge in [-0.3, -0.25) is 9.59 Å². The molecule has 0 aromatic heterocycles. The average molecular weight is 326 g/mol. The lowest BCUT2D eigenvalue weighted by Gasteiger charge is -2.28. The third-order valence-electron chi connectivity index (χ3n) is 3.71. The van der Waals surface area contributed by atoms with E-state index >= 15 is 0 Å². The number of fused-ring (bicyclic) bond motifs is 1. The summed E-state index contributed by atoms with van der Waals surface area (Å²) in [7, 11) is 0. The van der Waals surface area contributed by atoms with Gasteiger partial charge in [-0.05, 0) is 31.2 Å². The van der Waals surface area contributed by atoms with Gasteiger partial charge in [0.15, 0.2) is 0 Å². The third-order valence-corrected chi connectivity index (χ3v) is 4.75. The summed E-state index contributed by atoms with van der Waals surface area (Å²) in [5.74, 6) is 0.394. The molecule has 5 heteroatoms. The van der Waals surface area contributed by atoms with E-state index in [4.69, 9.17) is 0 Å². The van der Waals surface area contributed by atoms with Crippen molar-refractivity contribution in [3.63, 3.8) is 0 Å². The Bertz CT molecular complexity index is 728. The van der Waals surface area contributed by atoms with Crippen LogP contribution in [0.3, 0.4) is 0 Å². The Kier molecular flexibility index (Phi) is 4.67. The summed E-state index contributed by atoms with van der Waals surface area (Å²) in [6.07, 6.45) is 0.276. The van der Waals surface area contributed by atoms with E-state index < -0.39 is 0 Å². The first-order valence-corrected chi connectivity index (χ1v) is 8.51. The third kappa shape index (κ3) is 3.74. The van der Waals surface area contributed by atoms with E-state index in [9.17, 15) is 9.59 Å². The van der Waals surface area contributed by atoms with Gasteiger partial charge in [-0.1, -0.05) is 29.8 Å². The van der Waals surface area contributed by atoms with Gasteiger partial charge in [0, 0.05) is 23.5 Å². The van der Waals surface area contributed by atoms with E-state index in [1.807, 2.05) is 55.5 Å². The van der Waals surface area contributed by atoms with Crippen LogP contribution in [-0.4, -0.2) is 24.1 Å². The van der Waals surface area contributed by atoms with E-state index in [-0.39, 0.29) is 18.2 Å². The van der Waals surface area contributed by atoms with Crippen molar-refractivity contribution < 1.29 is 9.59 Å². The van der Waals surface area contributed by atoms with Crippen LogP contribution in [0.2, 0.25) is 0 Å². The molecule has 0 fully saturated rings. The number of benzene rings is 2. The molecule has 1 aliphatic heterocycles. The fourth-order valence-electron chi connectivity index (χ4n) is 2.47. The van der Waals surface area contributed by atoms with Gasteiger partial charge in [0.1, 0.15) is 0 Å². The van der Waals surface area contributed by atoms with E-state index in [2.05, 4.69) is 5.32 Å². The van der Waals surface area contributed by atoms with Gasteiger partial charge in [-0.2, -0.15) is 0 Å². The number of rotatable bonds is 4. The standard InChI is InChI=1S/C18H18N2O2S/c1-13-6-8-14(9-7-13)19-17(21)10-11-20-15-4-2-3-5-16(15)23-12-18(20)22/h2-9H,10-12H2,1H3,(H,19,21). The Labute approximate surface area is 139 Å². The van der Waals surface area contributed by atoms with Crippen molar-refractivity contribution in [2.75, 3.05) is 22.5 Å². The molecule has 0 unspecified atom stereocenters. The molecule has 0 radical (unpaired) electrons. The summed E-state index contributed by atoms with van der Waals surface area (Å²) in [4.78, 5) is 27.0. The molecule has 118 valence electrons. The number of carbonyl (C=O) groups is 2. The second kappa shape index (κ2) is 6.87. The van der Waals surface area contributed by atoms with Crippen LogP contribution in [0.4, 0.5) is 11.4 Å². The maximum absolute atomic E-state index is 12.1. The van der Waals surface area contributed by atoms with E-state index in [1.165, 1.54) is 0 Å². The Morgan fingerprint density at radius 1 is 1.17 bits per heavy atom. The van der Waals surface area contributed by atoms with Crippen LogP contribution >= 0.6 is 11.8 Å². The average Bonchev–Trinajstić information content (AvgIpc) is 2.56. The van der Waals surface area contributed by atoms with Crippen LogP contribution in [0.1, 0.15) is 12.0 Å². The minimum atomic E-state index is -0.0858. The first-order chi connectivity index (χ1) is 11.1. The molecule has 3 rings (SSSR count). The summed E-state index contributed by atoms with van der Waals surface area (Å²) < 4.78 is 0. The van der Waals surface area contributed by atoms with Crippen molar-refractivity contribution in [1.29, 1.82) is 0 Å². The van der Waals surface area contributed by atoms with Gasteiger partial charge in [-0.25, -0.2) is 0 Å². The number of hydrogen-bond donors (Lipinski definition) is 1. The lowest BCUT2D eigenvalue weighted by Crippen LogP contribution is -2.37. The molecule has 2 amide bonds. The highest BCUT2D eigenvalue weighted by atomic mass is 32.2.